The van der Waals surface area contributed by atoms with Crippen molar-refractivity contribution in [1.29, 1.82) is 0 Å². The number of hydrogen-bond donors (Lipinski definition) is 2. The smallest absolute Gasteiger partial charge is 0.241 e. The topological polar surface area (TPSA) is 72.2 Å². The van der Waals surface area contributed by atoms with Crippen LogP contribution in [0.5, 0.6) is 0 Å². The van der Waals surface area contributed by atoms with Gasteiger partial charge in [0.1, 0.15) is 0 Å². The largest absolute Gasteiger partial charge is 0.330 e. The lowest BCUT2D eigenvalue weighted by atomic mass is 10.1. The third-order valence-electron chi connectivity index (χ3n) is 3.71. The lowest BCUT2D eigenvalue weighted by Crippen LogP contribution is -2.39. The van der Waals surface area contributed by atoms with E-state index in [4.69, 9.17) is 5.73 Å². The first-order valence-electron chi connectivity index (χ1n) is 6.43. The van der Waals surface area contributed by atoms with Crippen molar-refractivity contribution in [1.82, 2.24) is 4.72 Å². The lowest BCUT2D eigenvalue weighted by Gasteiger charge is -2.20. The zero-order chi connectivity index (χ0) is 14.0. The van der Waals surface area contributed by atoms with Crippen LogP contribution in [0.2, 0.25) is 0 Å². The van der Waals surface area contributed by atoms with E-state index in [0.29, 0.717) is 15.9 Å². The summed E-state index contributed by atoms with van der Waals surface area (Å²) in [6.07, 6.45) is 2.90. The fourth-order valence-corrected chi connectivity index (χ4v) is 4.96. The Hall–Kier alpha value is -0.430. The summed E-state index contributed by atoms with van der Waals surface area (Å²) in [5.74, 6) is 0.248. The minimum Gasteiger partial charge on any atom is -0.330 e. The maximum absolute atomic E-state index is 12.4. The fourth-order valence-electron chi connectivity index (χ4n) is 2.56. The molecule has 106 valence electrons. The molecular formula is C13H19BrN2O2S. The van der Waals surface area contributed by atoms with E-state index >= 15 is 0 Å². The van der Waals surface area contributed by atoms with Gasteiger partial charge in [0.2, 0.25) is 10.0 Å². The summed E-state index contributed by atoms with van der Waals surface area (Å²) in [6.45, 7) is 2.41. The van der Waals surface area contributed by atoms with Gasteiger partial charge in [0, 0.05) is 10.5 Å². The van der Waals surface area contributed by atoms with Gasteiger partial charge in [0.15, 0.2) is 0 Å². The number of halogens is 1. The highest BCUT2D eigenvalue weighted by atomic mass is 79.9. The summed E-state index contributed by atoms with van der Waals surface area (Å²) in [6, 6.07) is 5.21. The van der Waals surface area contributed by atoms with E-state index in [-0.39, 0.29) is 12.0 Å². The maximum Gasteiger partial charge on any atom is 0.241 e. The van der Waals surface area contributed by atoms with Crippen LogP contribution in [0.1, 0.15) is 24.8 Å². The lowest BCUT2D eigenvalue weighted by molar-refractivity contribution is 0.452. The molecule has 0 amide bonds. The quantitative estimate of drug-likeness (QED) is 0.877. The van der Waals surface area contributed by atoms with Gasteiger partial charge in [-0.1, -0.05) is 18.6 Å². The Labute approximate surface area is 122 Å². The third-order valence-corrected chi connectivity index (χ3v) is 6.56. The van der Waals surface area contributed by atoms with Crippen LogP contribution in [0.4, 0.5) is 0 Å². The van der Waals surface area contributed by atoms with Crippen LogP contribution in [-0.4, -0.2) is 21.0 Å². The van der Waals surface area contributed by atoms with E-state index in [1.165, 1.54) is 0 Å². The molecule has 4 nitrogen and oxygen atoms in total. The Balaban J connectivity index is 2.25. The van der Waals surface area contributed by atoms with Crippen LogP contribution in [0.15, 0.2) is 27.6 Å². The molecule has 3 N–H and O–H groups in total. The van der Waals surface area contributed by atoms with E-state index < -0.39 is 10.0 Å². The second-order valence-corrected chi connectivity index (χ2v) is 7.52. The molecule has 2 unspecified atom stereocenters. The van der Waals surface area contributed by atoms with Gasteiger partial charge < -0.3 is 5.73 Å². The van der Waals surface area contributed by atoms with Crippen molar-refractivity contribution in [3.63, 3.8) is 0 Å². The van der Waals surface area contributed by atoms with E-state index in [9.17, 15) is 8.42 Å². The molecule has 0 saturated heterocycles. The Morgan fingerprint density at radius 2 is 2.16 bits per heavy atom. The number of aryl methyl sites for hydroxylation is 1. The molecule has 1 aromatic rings. The minimum absolute atomic E-state index is 0.0394. The molecule has 1 aromatic carbocycles. The summed E-state index contributed by atoms with van der Waals surface area (Å²) < 4.78 is 28.3. The molecule has 1 fully saturated rings. The van der Waals surface area contributed by atoms with Gasteiger partial charge in [-0.2, -0.15) is 0 Å². The first-order chi connectivity index (χ1) is 8.95. The first kappa shape index (κ1) is 15.0. The van der Waals surface area contributed by atoms with Crippen LogP contribution in [0, 0.1) is 12.8 Å². The third kappa shape index (κ3) is 3.18. The fraction of sp³-hybridized carbons (Fsp3) is 0.538. The molecule has 19 heavy (non-hydrogen) atoms. The molecule has 1 aliphatic rings. The summed E-state index contributed by atoms with van der Waals surface area (Å²) in [7, 11) is -3.49. The minimum atomic E-state index is -3.49. The summed E-state index contributed by atoms with van der Waals surface area (Å²) in [4.78, 5) is 0.301. The second kappa shape index (κ2) is 5.91. The average Bonchev–Trinajstić information content (AvgIpc) is 2.78. The molecule has 0 spiro atoms. The summed E-state index contributed by atoms with van der Waals surface area (Å²) >= 11 is 3.35. The van der Waals surface area contributed by atoms with Crippen LogP contribution in [-0.2, 0) is 10.0 Å². The van der Waals surface area contributed by atoms with Crippen molar-refractivity contribution < 1.29 is 8.42 Å². The zero-order valence-electron chi connectivity index (χ0n) is 10.9. The Kier molecular flexibility index (Phi) is 4.66. The highest BCUT2D eigenvalue weighted by molar-refractivity contribution is 9.10. The van der Waals surface area contributed by atoms with Crippen LogP contribution in [0.25, 0.3) is 0 Å². The standard InChI is InChI=1S/C13H19BrN2O2S/c1-9-4-2-7-12(13(9)14)19(17,18)16-11-6-3-5-10(11)8-15/h2,4,7,10-11,16H,3,5-6,8,15H2,1H3. The number of rotatable bonds is 4. The number of hydrogen-bond acceptors (Lipinski definition) is 3. The van der Waals surface area contributed by atoms with Crippen molar-refractivity contribution in [2.45, 2.75) is 37.1 Å². The molecule has 1 aliphatic carbocycles. The van der Waals surface area contributed by atoms with Gasteiger partial charge in [-0.05, 0) is 59.8 Å². The summed E-state index contributed by atoms with van der Waals surface area (Å²) in [5, 5.41) is 0. The number of benzene rings is 1. The monoisotopic (exact) mass is 346 g/mol. The molecular weight excluding hydrogens is 328 g/mol. The van der Waals surface area contributed by atoms with E-state index in [2.05, 4.69) is 20.7 Å². The van der Waals surface area contributed by atoms with E-state index in [1.807, 2.05) is 13.0 Å². The first-order valence-corrected chi connectivity index (χ1v) is 8.71. The zero-order valence-corrected chi connectivity index (χ0v) is 13.3. The van der Waals surface area contributed by atoms with Gasteiger partial charge >= 0.3 is 0 Å². The van der Waals surface area contributed by atoms with Gasteiger partial charge in [-0.3, -0.25) is 0 Å². The van der Waals surface area contributed by atoms with Gasteiger partial charge in [0.25, 0.3) is 0 Å². The molecule has 0 aliphatic heterocycles. The molecule has 1 saturated carbocycles. The molecule has 0 heterocycles. The number of nitrogens with two attached hydrogens (primary N) is 1. The van der Waals surface area contributed by atoms with Gasteiger partial charge in [-0.15, -0.1) is 0 Å². The average molecular weight is 347 g/mol. The maximum atomic E-state index is 12.4. The molecule has 6 heteroatoms. The Bertz CT molecular complexity index is 560. The van der Waals surface area contributed by atoms with Gasteiger partial charge in [-0.25, -0.2) is 13.1 Å². The van der Waals surface area contributed by atoms with Crippen molar-refractivity contribution in [3.8, 4) is 0 Å². The Morgan fingerprint density at radius 1 is 1.42 bits per heavy atom. The predicted octanol–water partition coefficient (Wildman–Crippen LogP) is 2.16. The van der Waals surface area contributed by atoms with Crippen molar-refractivity contribution in [3.05, 3.63) is 28.2 Å². The van der Waals surface area contributed by atoms with Crippen LogP contribution < -0.4 is 10.5 Å². The van der Waals surface area contributed by atoms with Crippen molar-refractivity contribution in [2.75, 3.05) is 6.54 Å². The molecule has 2 atom stereocenters. The highest BCUT2D eigenvalue weighted by Gasteiger charge is 2.31. The number of nitrogens with one attached hydrogen (secondary N) is 1. The normalized spacial score (nSPS) is 23.7. The second-order valence-electron chi connectivity index (χ2n) is 5.04. The van der Waals surface area contributed by atoms with E-state index in [1.54, 1.807) is 12.1 Å². The van der Waals surface area contributed by atoms with Crippen LogP contribution >= 0.6 is 15.9 Å². The molecule has 0 aromatic heterocycles. The van der Waals surface area contributed by atoms with E-state index in [0.717, 1.165) is 24.8 Å². The number of sulfonamides is 1. The predicted molar refractivity (Wildman–Crippen MR) is 79.4 cm³/mol. The van der Waals surface area contributed by atoms with Gasteiger partial charge in [0.05, 0.1) is 4.90 Å². The SMILES string of the molecule is Cc1cccc(S(=O)(=O)NC2CCCC2CN)c1Br. The molecule has 0 radical (unpaired) electrons. The van der Waals surface area contributed by atoms with Crippen LogP contribution in [0.3, 0.4) is 0 Å². The van der Waals surface area contributed by atoms with Crippen molar-refractivity contribution >= 4 is 26.0 Å². The molecule has 2 rings (SSSR count). The Morgan fingerprint density at radius 3 is 2.84 bits per heavy atom. The van der Waals surface area contributed by atoms with Crippen molar-refractivity contribution in [2.24, 2.45) is 11.7 Å². The highest BCUT2D eigenvalue weighted by Crippen LogP contribution is 2.29. The summed E-state index contributed by atoms with van der Waals surface area (Å²) in [5.41, 5.74) is 6.60. The molecule has 0 bridgehead atoms.